The Bertz CT molecular complexity index is 414. The van der Waals surface area contributed by atoms with Crippen LogP contribution in [0, 0.1) is 5.92 Å². The van der Waals surface area contributed by atoms with Gasteiger partial charge in [0.05, 0.1) is 6.04 Å². The summed E-state index contributed by atoms with van der Waals surface area (Å²) in [6.45, 7) is 3.37. The average Bonchev–Trinajstić information content (AvgIpc) is 2.35. The number of Topliss-reactive ketones (excluding diaryl/α,β-unsaturated/α-hetero) is 1. The maximum atomic E-state index is 12.3. The van der Waals surface area contributed by atoms with E-state index in [0.717, 1.165) is 25.8 Å². The van der Waals surface area contributed by atoms with Crippen molar-refractivity contribution < 1.29 is 4.79 Å². The summed E-state index contributed by atoms with van der Waals surface area (Å²) in [6.07, 6.45) is 3.04. The fraction of sp³-hybridized carbons (Fsp3) is 0.533. The van der Waals surface area contributed by atoms with E-state index in [9.17, 15) is 4.79 Å². The summed E-state index contributed by atoms with van der Waals surface area (Å²) in [5, 5.41) is 0. The highest BCUT2D eigenvalue weighted by molar-refractivity contribution is 5.88. The monoisotopic (exact) mass is 229 g/mol. The van der Waals surface area contributed by atoms with Crippen molar-refractivity contribution in [2.24, 2.45) is 5.92 Å². The smallest absolute Gasteiger partial charge is 0.153 e. The number of nitrogens with zero attached hydrogens (tertiary/aromatic N) is 1. The van der Waals surface area contributed by atoms with Crippen LogP contribution >= 0.6 is 0 Å². The van der Waals surface area contributed by atoms with E-state index in [2.05, 4.69) is 36.1 Å². The Morgan fingerprint density at radius 1 is 1.29 bits per heavy atom. The van der Waals surface area contributed by atoms with E-state index in [4.69, 9.17) is 0 Å². The molecule has 3 fully saturated rings. The molecule has 2 bridgehead atoms. The summed E-state index contributed by atoms with van der Waals surface area (Å²) in [5.74, 6) is 0.821. The minimum absolute atomic E-state index is 0.139. The van der Waals surface area contributed by atoms with Crippen molar-refractivity contribution in [2.75, 3.05) is 6.54 Å². The fourth-order valence-corrected chi connectivity index (χ4v) is 3.40. The van der Waals surface area contributed by atoms with Crippen LogP contribution in [0.4, 0.5) is 0 Å². The third-order valence-electron chi connectivity index (χ3n) is 4.33. The Morgan fingerprint density at radius 3 is 2.76 bits per heavy atom. The zero-order valence-electron chi connectivity index (χ0n) is 10.3. The molecule has 90 valence electrons. The number of ketones is 1. The Hall–Kier alpha value is -1.15. The number of rotatable bonds is 2. The van der Waals surface area contributed by atoms with Gasteiger partial charge < -0.3 is 0 Å². The number of hydrogen-bond acceptors (Lipinski definition) is 2. The van der Waals surface area contributed by atoms with Gasteiger partial charge >= 0.3 is 0 Å². The van der Waals surface area contributed by atoms with Crippen molar-refractivity contribution >= 4 is 5.78 Å². The predicted molar refractivity (Wildman–Crippen MR) is 67.8 cm³/mol. The van der Waals surface area contributed by atoms with Crippen molar-refractivity contribution in [2.45, 2.75) is 38.3 Å². The van der Waals surface area contributed by atoms with Crippen molar-refractivity contribution in [1.29, 1.82) is 0 Å². The number of carbonyl (C=O) groups excluding carboxylic acids is 1. The highest BCUT2D eigenvalue weighted by Crippen LogP contribution is 2.34. The lowest BCUT2D eigenvalue weighted by atomic mass is 9.77. The highest BCUT2D eigenvalue weighted by Gasteiger charge is 2.44. The van der Waals surface area contributed by atoms with Crippen molar-refractivity contribution in [3.8, 4) is 0 Å². The highest BCUT2D eigenvalue weighted by atomic mass is 16.1. The lowest BCUT2D eigenvalue weighted by Crippen LogP contribution is -2.59. The third kappa shape index (κ3) is 1.91. The molecule has 3 aliphatic rings. The van der Waals surface area contributed by atoms with E-state index in [1.54, 1.807) is 0 Å². The molecule has 0 spiro atoms. The molecule has 3 saturated heterocycles. The van der Waals surface area contributed by atoms with Gasteiger partial charge in [-0.05, 0) is 38.3 Å². The van der Waals surface area contributed by atoms with Gasteiger partial charge in [-0.2, -0.15) is 0 Å². The molecule has 0 aromatic heterocycles. The number of carbonyl (C=O) groups is 1. The minimum atomic E-state index is 0.139. The van der Waals surface area contributed by atoms with Gasteiger partial charge in [0.2, 0.25) is 0 Å². The minimum Gasteiger partial charge on any atom is -0.298 e. The first kappa shape index (κ1) is 11.0. The van der Waals surface area contributed by atoms with E-state index < -0.39 is 0 Å². The van der Waals surface area contributed by atoms with Crippen LogP contribution in [0.15, 0.2) is 30.3 Å². The standard InChI is InChI=1S/C15H19NO/c1-11-9-13-7-8-16(11)14(15(13)17)10-12-5-3-2-4-6-12/h2-6,11,13-14H,7-10H2,1H3. The summed E-state index contributed by atoms with van der Waals surface area (Å²) in [4.78, 5) is 14.7. The number of piperidine rings is 3. The molecule has 0 aliphatic carbocycles. The molecule has 17 heavy (non-hydrogen) atoms. The molecule has 4 atom stereocenters. The summed E-state index contributed by atoms with van der Waals surface area (Å²) in [5.41, 5.74) is 1.28. The van der Waals surface area contributed by atoms with Crippen LogP contribution in [-0.2, 0) is 11.2 Å². The molecule has 0 radical (unpaired) electrons. The van der Waals surface area contributed by atoms with Gasteiger partial charge in [0.25, 0.3) is 0 Å². The molecular formula is C15H19NO. The van der Waals surface area contributed by atoms with Gasteiger partial charge in [0, 0.05) is 12.0 Å². The van der Waals surface area contributed by atoms with Gasteiger partial charge in [0.15, 0.2) is 5.78 Å². The van der Waals surface area contributed by atoms with Crippen LogP contribution < -0.4 is 0 Å². The summed E-state index contributed by atoms with van der Waals surface area (Å²) < 4.78 is 0. The van der Waals surface area contributed by atoms with Crippen LogP contribution in [-0.4, -0.2) is 29.3 Å². The molecule has 0 N–H and O–H groups in total. The lowest BCUT2D eigenvalue weighted by Gasteiger charge is -2.48. The molecule has 2 heteroatoms. The Labute approximate surface area is 103 Å². The molecule has 3 heterocycles. The van der Waals surface area contributed by atoms with E-state index >= 15 is 0 Å². The molecule has 0 saturated carbocycles. The van der Waals surface area contributed by atoms with Crippen molar-refractivity contribution in [3.05, 3.63) is 35.9 Å². The van der Waals surface area contributed by atoms with Crippen LogP contribution in [0.25, 0.3) is 0 Å². The molecule has 1 aromatic carbocycles. The zero-order chi connectivity index (χ0) is 11.8. The Morgan fingerprint density at radius 2 is 2.06 bits per heavy atom. The first-order valence-electron chi connectivity index (χ1n) is 6.59. The topological polar surface area (TPSA) is 20.3 Å². The van der Waals surface area contributed by atoms with Crippen LogP contribution in [0.1, 0.15) is 25.3 Å². The lowest BCUT2D eigenvalue weighted by molar-refractivity contribution is -0.140. The van der Waals surface area contributed by atoms with Gasteiger partial charge in [0.1, 0.15) is 0 Å². The van der Waals surface area contributed by atoms with Crippen LogP contribution in [0.3, 0.4) is 0 Å². The first-order valence-corrected chi connectivity index (χ1v) is 6.59. The molecule has 4 unspecified atom stereocenters. The maximum Gasteiger partial charge on any atom is 0.153 e. The number of benzene rings is 1. The van der Waals surface area contributed by atoms with Crippen LogP contribution in [0.2, 0.25) is 0 Å². The first-order chi connectivity index (χ1) is 8.25. The second-order valence-electron chi connectivity index (χ2n) is 5.42. The Kier molecular flexibility index (Phi) is 2.75. The molecule has 4 rings (SSSR count). The summed E-state index contributed by atoms with van der Waals surface area (Å²) >= 11 is 0. The fourth-order valence-electron chi connectivity index (χ4n) is 3.40. The Balaban J connectivity index is 1.81. The van der Waals surface area contributed by atoms with Gasteiger partial charge in [-0.3, -0.25) is 9.69 Å². The van der Waals surface area contributed by atoms with E-state index in [-0.39, 0.29) is 6.04 Å². The molecule has 1 aromatic rings. The normalized spacial score (nSPS) is 36.2. The second-order valence-corrected chi connectivity index (χ2v) is 5.42. The summed E-state index contributed by atoms with van der Waals surface area (Å²) in [7, 11) is 0. The molecule has 3 aliphatic heterocycles. The van der Waals surface area contributed by atoms with Gasteiger partial charge in [-0.25, -0.2) is 0 Å². The SMILES string of the molecule is CC1CC2CCN1C(Cc1ccccc1)C2=O. The second kappa shape index (κ2) is 4.26. The zero-order valence-corrected chi connectivity index (χ0v) is 10.3. The van der Waals surface area contributed by atoms with Crippen molar-refractivity contribution in [3.63, 3.8) is 0 Å². The molecule has 2 nitrogen and oxygen atoms in total. The van der Waals surface area contributed by atoms with Gasteiger partial charge in [-0.1, -0.05) is 30.3 Å². The van der Waals surface area contributed by atoms with E-state index in [0.29, 0.717) is 17.7 Å². The van der Waals surface area contributed by atoms with E-state index in [1.165, 1.54) is 5.56 Å². The van der Waals surface area contributed by atoms with Crippen molar-refractivity contribution in [1.82, 2.24) is 4.90 Å². The van der Waals surface area contributed by atoms with Crippen LogP contribution in [0.5, 0.6) is 0 Å². The third-order valence-corrected chi connectivity index (χ3v) is 4.33. The maximum absolute atomic E-state index is 12.3. The largest absolute Gasteiger partial charge is 0.298 e. The number of fused-ring (bicyclic) bond motifs is 3. The number of hydrogen-bond donors (Lipinski definition) is 0. The van der Waals surface area contributed by atoms with Gasteiger partial charge in [-0.15, -0.1) is 0 Å². The summed E-state index contributed by atoms with van der Waals surface area (Å²) in [6, 6.07) is 11.1. The average molecular weight is 229 g/mol. The predicted octanol–water partition coefficient (Wildman–Crippen LogP) is 2.28. The quantitative estimate of drug-likeness (QED) is 0.775. The molecule has 0 amide bonds. The van der Waals surface area contributed by atoms with E-state index in [1.807, 2.05) is 6.07 Å². The molecular weight excluding hydrogens is 210 g/mol.